The summed E-state index contributed by atoms with van der Waals surface area (Å²) in [6.07, 6.45) is 1.78. The first-order chi connectivity index (χ1) is 6.78. The largest absolute Gasteiger partial charge is 0.496 e. The number of rotatable bonds is 3. The highest BCUT2D eigenvalue weighted by Gasteiger charge is 2.10. The number of nitriles is 1. The summed E-state index contributed by atoms with van der Waals surface area (Å²) in [5.41, 5.74) is 3.05. The Morgan fingerprint density at radius 3 is 2.29 bits per heavy atom. The van der Waals surface area contributed by atoms with Gasteiger partial charge in [0.15, 0.2) is 0 Å². The summed E-state index contributed by atoms with van der Waals surface area (Å²) in [4.78, 5) is 0. The van der Waals surface area contributed by atoms with Crippen LogP contribution in [0.25, 0.3) is 0 Å². The van der Waals surface area contributed by atoms with Gasteiger partial charge in [0.05, 0.1) is 18.7 Å². The topological polar surface area (TPSA) is 33.0 Å². The van der Waals surface area contributed by atoms with E-state index in [-0.39, 0.29) is 0 Å². The van der Waals surface area contributed by atoms with Crippen LogP contribution in [0.1, 0.15) is 30.5 Å². The zero-order valence-electron chi connectivity index (χ0n) is 8.92. The third kappa shape index (κ3) is 1.72. The number of hydrogen-bond donors (Lipinski definition) is 0. The Labute approximate surface area is 85.1 Å². The molecule has 2 nitrogen and oxygen atoms in total. The second kappa shape index (κ2) is 4.66. The smallest absolute Gasteiger partial charge is 0.122 e. The Balaban J connectivity index is 3.38. The summed E-state index contributed by atoms with van der Waals surface area (Å²) >= 11 is 0. The highest BCUT2D eigenvalue weighted by molar-refractivity contribution is 5.50. The molecule has 14 heavy (non-hydrogen) atoms. The summed E-state index contributed by atoms with van der Waals surface area (Å²) in [5, 5.41) is 8.94. The van der Waals surface area contributed by atoms with Crippen molar-refractivity contribution in [3.05, 3.63) is 28.8 Å². The zero-order valence-corrected chi connectivity index (χ0v) is 8.92. The SMILES string of the molecule is CCc1c(C#N)ccc(OC)c1CC. The summed E-state index contributed by atoms with van der Waals surface area (Å²) in [7, 11) is 1.67. The number of benzene rings is 1. The third-order valence-electron chi connectivity index (χ3n) is 2.44. The van der Waals surface area contributed by atoms with Crippen molar-refractivity contribution < 1.29 is 4.74 Å². The normalized spacial score (nSPS) is 9.57. The Morgan fingerprint density at radius 2 is 1.86 bits per heavy atom. The van der Waals surface area contributed by atoms with Gasteiger partial charge in [-0.05, 0) is 36.1 Å². The molecule has 0 bridgehead atoms. The number of ether oxygens (including phenoxy) is 1. The Kier molecular flexibility index (Phi) is 3.53. The van der Waals surface area contributed by atoms with E-state index < -0.39 is 0 Å². The maximum atomic E-state index is 8.94. The van der Waals surface area contributed by atoms with Gasteiger partial charge in [-0.3, -0.25) is 0 Å². The summed E-state index contributed by atoms with van der Waals surface area (Å²) in [6.45, 7) is 4.15. The van der Waals surface area contributed by atoms with Crippen LogP contribution in [0, 0.1) is 11.3 Å². The minimum Gasteiger partial charge on any atom is -0.496 e. The van der Waals surface area contributed by atoms with Gasteiger partial charge in [-0.25, -0.2) is 0 Å². The highest BCUT2D eigenvalue weighted by atomic mass is 16.5. The van der Waals surface area contributed by atoms with Gasteiger partial charge in [0.1, 0.15) is 5.75 Å². The fourth-order valence-corrected chi connectivity index (χ4v) is 1.76. The van der Waals surface area contributed by atoms with E-state index in [1.807, 2.05) is 12.1 Å². The molecule has 0 radical (unpaired) electrons. The van der Waals surface area contributed by atoms with E-state index in [9.17, 15) is 0 Å². The molecule has 0 atom stereocenters. The molecule has 0 saturated carbocycles. The molecule has 0 heterocycles. The van der Waals surface area contributed by atoms with Crippen LogP contribution in [0.4, 0.5) is 0 Å². The minimum absolute atomic E-state index is 0.769. The molecule has 2 heteroatoms. The van der Waals surface area contributed by atoms with Gasteiger partial charge in [0, 0.05) is 0 Å². The summed E-state index contributed by atoms with van der Waals surface area (Å²) in [5.74, 6) is 0.892. The Bertz CT molecular complexity index is 363. The van der Waals surface area contributed by atoms with Crippen molar-refractivity contribution in [2.45, 2.75) is 26.7 Å². The lowest BCUT2D eigenvalue weighted by atomic mass is 9.97. The van der Waals surface area contributed by atoms with Gasteiger partial charge in [-0.2, -0.15) is 5.26 Å². The second-order valence-corrected chi connectivity index (χ2v) is 3.09. The van der Waals surface area contributed by atoms with E-state index in [2.05, 4.69) is 19.9 Å². The van der Waals surface area contributed by atoms with E-state index in [4.69, 9.17) is 10.00 Å². The van der Waals surface area contributed by atoms with Crippen LogP contribution in [0.2, 0.25) is 0 Å². The Morgan fingerprint density at radius 1 is 1.21 bits per heavy atom. The van der Waals surface area contributed by atoms with Crippen molar-refractivity contribution in [1.29, 1.82) is 5.26 Å². The molecule has 0 aliphatic carbocycles. The van der Waals surface area contributed by atoms with Gasteiger partial charge < -0.3 is 4.74 Å². The van der Waals surface area contributed by atoms with Gasteiger partial charge in [0.25, 0.3) is 0 Å². The second-order valence-electron chi connectivity index (χ2n) is 3.09. The quantitative estimate of drug-likeness (QED) is 0.732. The molecule has 1 rings (SSSR count). The molecule has 0 aliphatic rings. The van der Waals surface area contributed by atoms with E-state index in [0.717, 1.165) is 35.3 Å². The van der Waals surface area contributed by atoms with E-state index in [1.54, 1.807) is 7.11 Å². The lowest BCUT2D eigenvalue weighted by molar-refractivity contribution is 0.409. The van der Waals surface area contributed by atoms with Crippen LogP contribution in [-0.2, 0) is 12.8 Å². The fourth-order valence-electron chi connectivity index (χ4n) is 1.76. The van der Waals surface area contributed by atoms with Crippen LogP contribution in [0.15, 0.2) is 12.1 Å². The van der Waals surface area contributed by atoms with Crippen molar-refractivity contribution in [1.82, 2.24) is 0 Å². The van der Waals surface area contributed by atoms with Crippen LogP contribution in [-0.4, -0.2) is 7.11 Å². The van der Waals surface area contributed by atoms with Crippen molar-refractivity contribution in [2.75, 3.05) is 7.11 Å². The van der Waals surface area contributed by atoms with E-state index in [0.29, 0.717) is 0 Å². The predicted octanol–water partition coefficient (Wildman–Crippen LogP) is 2.69. The zero-order chi connectivity index (χ0) is 10.6. The summed E-state index contributed by atoms with van der Waals surface area (Å²) < 4.78 is 5.27. The molecule has 0 unspecified atom stereocenters. The van der Waals surface area contributed by atoms with Gasteiger partial charge in [-0.15, -0.1) is 0 Å². The molecule has 0 amide bonds. The van der Waals surface area contributed by atoms with Crippen LogP contribution >= 0.6 is 0 Å². The Hall–Kier alpha value is -1.49. The van der Waals surface area contributed by atoms with Crippen LogP contribution in [0.5, 0.6) is 5.75 Å². The minimum atomic E-state index is 0.769. The first kappa shape index (κ1) is 10.6. The average Bonchev–Trinajstić information content (AvgIpc) is 2.26. The molecular weight excluding hydrogens is 174 g/mol. The molecule has 0 fully saturated rings. The lowest BCUT2D eigenvalue weighted by Gasteiger charge is -2.12. The molecule has 1 aromatic rings. The maximum Gasteiger partial charge on any atom is 0.122 e. The van der Waals surface area contributed by atoms with Crippen LogP contribution in [0.3, 0.4) is 0 Å². The fraction of sp³-hybridized carbons (Fsp3) is 0.417. The molecule has 1 aromatic carbocycles. The molecular formula is C12H15NO. The van der Waals surface area contributed by atoms with E-state index >= 15 is 0 Å². The number of nitrogens with zero attached hydrogens (tertiary/aromatic N) is 1. The van der Waals surface area contributed by atoms with Crippen molar-refractivity contribution in [3.8, 4) is 11.8 Å². The lowest BCUT2D eigenvalue weighted by Crippen LogP contribution is -1.99. The highest BCUT2D eigenvalue weighted by Crippen LogP contribution is 2.26. The molecule has 0 spiro atoms. The number of methoxy groups -OCH3 is 1. The third-order valence-corrected chi connectivity index (χ3v) is 2.44. The average molecular weight is 189 g/mol. The van der Waals surface area contributed by atoms with Crippen molar-refractivity contribution in [3.63, 3.8) is 0 Å². The molecule has 0 N–H and O–H groups in total. The van der Waals surface area contributed by atoms with Gasteiger partial charge >= 0.3 is 0 Å². The monoisotopic (exact) mass is 189 g/mol. The molecule has 0 aromatic heterocycles. The van der Waals surface area contributed by atoms with Crippen LogP contribution < -0.4 is 4.74 Å². The van der Waals surface area contributed by atoms with Gasteiger partial charge in [0.2, 0.25) is 0 Å². The van der Waals surface area contributed by atoms with Crippen molar-refractivity contribution >= 4 is 0 Å². The standard InChI is InChI=1S/C12H15NO/c1-4-10-9(8-13)6-7-12(14-3)11(10)5-2/h6-7H,4-5H2,1-3H3. The molecule has 0 saturated heterocycles. The molecule has 74 valence electrons. The van der Waals surface area contributed by atoms with Crippen molar-refractivity contribution in [2.24, 2.45) is 0 Å². The predicted molar refractivity (Wildman–Crippen MR) is 56.5 cm³/mol. The van der Waals surface area contributed by atoms with E-state index in [1.165, 1.54) is 0 Å². The van der Waals surface area contributed by atoms with Gasteiger partial charge in [-0.1, -0.05) is 13.8 Å². The maximum absolute atomic E-state index is 8.94. The molecule has 0 aliphatic heterocycles. The first-order valence-electron chi connectivity index (χ1n) is 4.87. The number of hydrogen-bond acceptors (Lipinski definition) is 2. The first-order valence-corrected chi connectivity index (χ1v) is 4.87. The summed E-state index contributed by atoms with van der Waals surface area (Å²) in [6, 6.07) is 5.92.